The summed E-state index contributed by atoms with van der Waals surface area (Å²) in [5.41, 5.74) is 0.854. The van der Waals surface area contributed by atoms with Gasteiger partial charge in [-0.1, -0.05) is 17.8 Å². The van der Waals surface area contributed by atoms with Gasteiger partial charge >= 0.3 is 0 Å². The van der Waals surface area contributed by atoms with Crippen molar-refractivity contribution in [1.29, 1.82) is 0 Å². The van der Waals surface area contributed by atoms with Gasteiger partial charge in [-0.25, -0.2) is 4.98 Å². The fourth-order valence-electron chi connectivity index (χ4n) is 2.51. The zero-order valence-corrected chi connectivity index (χ0v) is 15.8. The molecule has 0 spiro atoms. The number of thioether (sulfide) groups is 1. The number of anilines is 1. The van der Waals surface area contributed by atoms with Crippen LogP contribution in [0.5, 0.6) is 11.5 Å². The Labute approximate surface area is 163 Å². The van der Waals surface area contributed by atoms with Crippen LogP contribution < -0.4 is 14.8 Å². The second-order valence-corrected chi connectivity index (χ2v) is 7.28. The van der Waals surface area contributed by atoms with E-state index in [1.807, 2.05) is 22.8 Å². The Morgan fingerprint density at radius 2 is 2.26 bits per heavy atom. The van der Waals surface area contributed by atoms with E-state index < -0.39 is 0 Å². The summed E-state index contributed by atoms with van der Waals surface area (Å²) in [4.78, 5) is 16.1. The average Bonchev–Trinajstić information content (AvgIpc) is 3.41. The van der Waals surface area contributed by atoms with Crippen molar-refractivity contribution >= 4 is 34.1 Å². The summed E-state index contributed by atoms with van der Waals surface area (Å²) in [6.07, 6.45) is 3.41. The third kappa shape index (κ3) is 3.81. The van der Waals surface area contributed by atoms with E-state index in [4.69, 9.17) is 9.47 Å². The lowest BCUT2D eigenvalue weighted by molar-refractivity contribution is -0.113. The molecule has 1 aliphatic rings. The molecular weight excluding hydrogens is 386 g/mol. The van der Waals surface area contributed by atoms with E-state index in [0.29, 0.717) is 34.2 Å². The van der Waals surface area contributed by atoms with Crippen LogP contribution in [0.2, 0.25) is 0 Å². The van der Waals surface area contributed by atoms with E-state index in [2.05, 4.69) is 27.1 Å². The van der Waals surface area contributed by atoms with Gasteiger partial charge in [-0.3, -0.25) is 9.36 Å². The van der Waals surface area contributed by atoms with Crippen molar-refractivity contribution < 1.29 is 14.3 Å². The minimum absolute atomic E-state index is 0.146. The number of benzene rings is 1. The van der Waals surface area contributed by atoms with Crippen molar-refractivity contribution in [1.82, 2.24) is 19.7 Å². The van der Waals surface area contributed by atoms with Gasteiger partial charge in [0.2, 0.25) is 12.7 Å². The molecule has 0 aliphatic carbocycles. The minimum Gasteiger partial charge on any atom is -0.454 e. The molecule has 3 heterocycles. The molecule has 0 saturated heterocycles. The Bertz CT molecular complexity index is 971. The van der Waals surface area contributed by atoms with Gasteiger partial charge in [-0.05, 0) is 18.2 Å². The number of nitrogens with one attached hydrogen (secondary N) is 1. The fourth-order valence-corrected chi connectivity index (χ4v) is 3.80. The number of ether oxygens (including phenoxy) is 2. The van der Waals surface area contributed by atoms with Crippen LogP contribution in [0.15, 0.2) is 47.6 Å². The van der Waals surface area contributed by atoms with Crippen LogP contribution in [0.1, 0.15) is 0 Å². The number of amides is 1. The molecule has 1 aromatic carbocycles. The molecule has 8 nitrogen and oxygen atoms in total. The van der Waals surface area contributed by atoms with Crippen molar-refractivity contribution in [3.8, 4) is 22.9 Å². The predicted molar refractivity (Wildman–Crippen MR) is 103 cm³/mol. The quantitative estimate of drug-likeness (QED) is 0.481. The first-order chi connectivity index (χ1) is 13.2. The first kappa shape index (κ1) is 17.6. The van der Waals surface area contributed by atoms with Gasteiger partial charge in [0.25, 0.3) is 0 Å². The third-order valence-electron chi connectivity index (χ3n) is 3.67. The molecule has 1 N–H and O–H groups in total. The summed E-state index contributed by atoms with van der Waals surface area (Å²) in [5.74, 6) is 2.12. The third-order valence-corrected chi connectivity index (χ3v) is 5.33. The largest absolute Gasteiger partial charge is 0.454 e. The van der Waals surface area contributed by atoms with Crippen LogP contribution in [0.4, 0.5) is 5.13 Å². The Kier molecular flexibility index (Phi) is 5.07. The van der Waals surface area contributed by atoms with Crippen LogP contribution >= 0.6 is 23.1 Å². The maximum atomic E-state index is 12.1. The summed E-state index contributed by atoms with van der Waals surface area (Å²) >= 11 is 2.68. The van der Waals surface area contributed by atoms with Crippen molar-refractivity contribution in [3.63, 3.8) is 0 Å². The summed E-state index contributed by atoms with van der Waals surface area (Å²) in [7, 11) is 0. The standard InChI is InChI=1S/C17H15N5O3S2/c1-2-6-22-15(11-3-4-12-13(8-11)25-10-24-12)20-21-17(22)27-9-14(23)19-16-18-5-7-26-16/h2-5,7-8H,1,6,9-10H2,(H,18,19,23). The molecule has 0 saturated carbocycles. The molecule has 4 rings (SSSR count). The van der Waals surface area contributed by atoms with Gasteiger partial charge < -0.3 is 14.8 Å². The topological polar surface area (TPSA) is 91.2 Å². The number of aromatic nitrogens is 4. The number of nitrogens with zero attached hydrogens (tertiary/aromatic N) is 4. The monoisotopic (exact) mass is 401 g/mol. The van der Waals surface area contributed by atoms with Gasteiger partial charge in [-0.2, -0.15) is 0 Å². The molecule has 138 valence electrons. The fraction of sp³-hybridized carbons (Fsp3) is 0.176. The maximum absolute atomic E-state index is 12.1. The lowest BCUT2D eigenvalue weighted by Gasteiger charge is -2.08. The molecule has 27 heavy (non-hydrogen) atoms. The predicted octanol–water partition coefficient (Wildman–Crippen LogP) is 3.05. The number of hydrogen-bond donors (Lipinski definition) is 1. The lowest BCUT2D eigenvalue weighted by Crippen LogP contribution is -2.14. The van der Waals surface area contributed by atoms with Crippen LogP contribution in [-0.4, -0.2) is 38.2 Å². The van der Waals surface area contributed by atoms with Crippen molar-refractivity contribution in [3.05, 3.63) is 42.4 Å². The van der Waals surface area contributed by atoms with E-state index in [1.165, 1.54) is 23.1 Å². The van der Waals surface area contributed by atoms with Crippen molar-refractivity contribution in [2.24, 2.45) is 0 Å². The molecule has 0 unspecified atom stereocenters. The van der Waals surface area contributed by atoms with E-state index >= 15 is 0 Å². The normalized spacial score (nSPS) is 12.1. The van der Waals surface area contributed by atoms with Gasteiger partial charge in [0, 0.05) is 23.7 Å². The van der Waals surface area contributed by atoms with E-state index in [1.54, 1.807) is 17.7 Å². The molecule has 10 heteroatoms. The highest BCUT2D eigenvalue weighted by Crippen LogP contribution is 2.36. The van der Waals surface area contributed by atoms with Gasteiger partial charge in [0.05, 0.1) is 5.75 Å². The number of allylic oxidation sites excluding steroid dienone is 1. The maximum Gasteiger partial charge on any atom is 0.236 e. The van der Waals surface area contributed by atoms with E-state index in [9.17, 15) is 4.79 Å². The second kappa shape index (κ2) is 7.80. The highest BCUT2D eigenvalue weighted by atomic mass is 32.2. The number of rotatable bonds is 7. The smallest absolute Gasteiger partial charge is 0.236 e. The van der Waals surface area contributed by atoms with Crippen molar-refractivity contribution in [2.45, 2.75) is 11.7 Å². The van der Waals surface area contributed by atoms with Crippen LogP contribution in [0, 0.1) is 0 Å². The van der Waals surface area contributed by atoms with E-state index in [-0.39, 0.29) is 18.5 Å². The molecular formula is C17H15N5O3S2. The molecule has 0 fully saturated rings. The number of thiazole rings is 1. The molecule has 1 aliphatic heterocycles. The Hall–Kier alpha value is -2.85. The summed E-state index contributed by atoms with van der Waals surface area (Å²) in [5, 5.41) is 14.3. The van der Waals surface area contributed by atoms with Crippen LogP contribution in [-0.2, 0) is 11.3 Å². The summed E-state index contributed by atoms with van der Waals surface area (Å²) < 4.78 is 12.7. The SMILES string of the molecule is C=CCn1c(SCC(=O)Nc2nccs2)nnc1-c1ccc2c(c1)OCO2. The van der Waals surface area contributed by atoms with Crippen LogP contribution in [0.3, 0.4) is 0 Å². The molecule has 1 amide bonds. The highest BCUT2D eigenvalue weighted by molar-refractivity contribution is 7.99. The zero-order chi connectivity index (χ0) is 18.6. The Balaban J connectivity index is 1.52. The van der Waals surface area contributed by atoms with Gasteiger partial charge in [-0.15, -0.1) is 28.1 Å². The van der Waals surface area contributed by atoms with Crippen LogP contribution in [0.25, 0.3) is 11.4 Å². The number of carbonyl (C=O) groups excluding carboxylic acids is 1. The summed E-state index contributed by atoms with van der Waals surface area (Å²) in [6, 6.07) is 5.62. The van der Waals surface area contributed by atoms with Gasteiger partial charge in [0.1, 0.15) is 0 Å². The van der Waals surface area contributed by atoms with Crippen molar-refractivity contribution in [2.75, 3.05) is 17.9 Å². The van der Waals surface area contributed by atoms with Gasteiger partial charge in [0.15, 0.2) is 27.6 Å². The molecule has 0 bridgehead atoms. The molecule has 0 atom stereocenters. The second-order valence-electron chi connectivity index (χ2n) is 5.45. The number of hydrogen-bond acceptors (Lipinski definition) is 8. The lowest BCUT2D eigenvalue weighted by atomic mass is 10.2. The minimum atomic E-state index is -0.146. The highest BCUT2D eigenvalue weighted by Gasteiger charge is 2.19. The first-order valence-electron chi connectivity index (χ1n) is 8.01. The number of fused-ring (bicyclic) bond motifs is 1. The number of carbonyl (C=O) groups is 1. The Morgan fingerprint density at radius 1 is 1.37 bits per heavy atom. The average molecular weight is 401 g/mol. The molecule has 3 aromatic rings. The Morgan fingerprint density at radius 3 is 3.07 bits per heavy atom. The first-order valence-corrected chi connectivity index (χ1v) is 9.87. The molecule has 0 radical (unpaired) electrons. The molecule has 2 aromatic heterocycles. The summed E-state index contributed by atoms with van der Waals surface area (Å²) in [6.45, 7) is 4.53. The zero-order valence-electron chi connectivity index (χ0n) is 14.1. The van der Waals surface area contributed by atoms with E-state index in [0.717, 1.165) is 5.56 Å².